The van der Waals surface area contributed by atoms with Crippen LogP contribution in [0, 0.1) is 0 Å². The van der Waals surface area contributed by atoms with Crippen LogP contribution < -0.4 is 0 Å². The molecule has 10 N–H and O–H groups in total. The van der Waals surface area contributed by atoms with Gasteiger partial charge < -0.3 is 51.1 Å². The monoisotopic (exact) mass is 1430 g/mol. The second-order valence-electron chi connectivity index (χ2n) is 17.1. The van der Waals surface area contributed by atoms with Gasteiger partial charge in [0.25, 0.3) is 0 Å². The van der Waals surface area contributed by atoms with Crippen LogP contribution in [0.2, 0.25) is 0 Å². The fraction of sp³-hybridized carbons (Fsp3) is 0. The van der Waals surface area contributed by atoms with Gasteiger partial charge in [-0.3, -0.25) is 0 Å². The van der Waals surface area contributed by atoms with Crippen molar-refractivity contribution < 1.29 is 99.0 Å². The molecular formula is C60H40BiN10O20. The molecule has 10 aromatic heterocycles. The molecule has 3 radical (unpaired) electrons. The van der Waals surface area contributed by atoms with E-state index in [2.05, 4.69) is 49.8 Å². The van der Waals surface area contributed by atoms with Crippen LogP contribution >= 0.6 is 0 Å². The summed E-state index contributed by atoms with van der Waals surface area (Å²) < 4.78 is 0. The van der Waals surface area contributed by atoms with Crippen molar-refractivity contribution in [2.24, 2.45) is 0 Å². The molecule has 10 aromatic rings. The predicted octanol–water partition coefficient (Wildman–Crippen LogP) is 7.32. The number of carboxylic acid groups (broad SMARTS) is 10. The zero-order valence-corrected chi connectivity index (χ0v) is 49.3. The second kappa shape index (κ2) is 32.5. The summed E-state index contributed by atoms with van der Waals surface area (Å²) in [5.74, 6) is -11.8. The van der Waals surface area contributed by atoms with Gasteiger partial charge in [-0.2, -0.15) is 0 Å². The first-order valence-corrected chi connectivity index (χ1v) is 24.9. The van der Waals surface area contributed by atoms with Gasteiger partial charge >= 0.3 is 59.7 Å². The van der Waals surface area contributed by atoms with Crippen molar-refractivity contribution in [2.75, 3.05) is 0 Å². The zero-order valence-electron chi connectivity index (χ0n) is 45.8. The molecule has 0 spiro atoms. The first-order valence-electron chi connectivity index (χ1n) is 24.9. The van der Waals surface area contributed by atoms with Crippen LogP contribution in [-0.2, 0) is 0 Å². The summed E-state index contributed by atoms with van der Waals surface area (Å²) in [6, 6.07) is 37.4. The maximum Gasteiger partial charge on any atom is 0.355 e. The fourth-order valence-corrected chi connectivity index (χ4v) is 7.43. The van der Waals surface area contributed by atoms with Crippen LogP contribution in [0.5, 0.6) is 0 Å². The molecule has 0 bridgehead atoms. The Morgan fingerprint density at radius 1 is 0.209 bits per heavy atom. The maximum absolute atomic E-state index is 11.0. The van der Waals surface area contributed by atoms with E-state index < -0.39 is 59.7 Å². The molecule has 0 aliphatic heterocycles. The summed E-state index contributed by atoms with van der Waals surface area (Å²) in [5.41, 5.74) is 1.22. The number of hydrogen-bond donors (Lipinski definition) is 10. The standard InChI is InChI=1S/5C12H8N2O4.Bi/c5*15-11(16)9-5-1-4-8(14-9)7-3-2-6-13-10(7)12(17)18;/h5*1-6H,(H,15,16)(H,17,18);. The second-order valence-corrected chi connectivity index (χ2v) is 17.1. The average Bonchev–Trinajstić information content (AvgIpc) is 3.12. The number of carboxylic acids is 10. The van der Waals surface area contributed by atoms with E-state index in [0.717, 1.165) is 0 Å². The number of rotatable bonds is 15. The van der Waals surface area contributed by atoms with Crippen molar-refractivity contribution in [1.29, 1.82) is 0 Å². The van der Waals surface area contributed by atoms with Crippen molar-refractivity contribution in [3.8, 4) is 56.3 Å². The molecule has 0 fully saturated rings. The molecule has 0 aliphatic rings. The first-order chi connectivity index (χ1) is 43.0. The van der Waals surface area contributed by atoms with E-state index in [0.29, 0.717) is 0 Å². The van der Waals surface area contributed by atoms with Crippen LogP contribution in [-0.4, -0.2) is 187 Å². The van der Waals surface area contributed by atoms with Crippen molar-refractivity contribution in [1.82, 2.24) is 49.8 Å². The van der Waals surface area contributed by atoms with E-state index in [-0.39, 0.29) is 139 Å². The Morgan fingerprint density at radius 2 is 0.363 bits per heavy atom. The average molecular weight is 1430 g/mol. The molecule has 0 aromatic carbocycles. The van der Waals surface area contributed by atoms with Crippen LogP contribution in [0.25, 0.3) is 56.3 Å². The molecule has 91 heavy (non-hydrogen) atoms. The SMILES string of the molecule is O=C(O)c1cccc(-c2cccnc2C(=O)O)n1.O=C(O)c1cccc(-c2cccnc2C(=O)O)n1.O=C(O)c1cccc(-c2cccnc2C(=O)O)n1.O=C(O)c1cccc(-c2cccnc2C(=O)O)n1.O=C(O)c1cccc(-c2cccnc2C(=O)O)n1.[Bi]. The molecule has 0 saturated heterocycles. The van der Waals surface area contributed by atoms with Crippen LogP contribution in [0.15, 0.2) is 183 Å². The third kappa shape index (κ3) is 18.8. The molecule has 0 aliphatic carbocycles. The van der Waals surface area contributed by atoms with Crippen molar-refractivity contribution in [2.45, 2.75) is 0 Å². The molecule has 455 valence electrons. The summed E-state index contributed by atoms with van der Waals surface area (Å²) >= 11 is 0. The van der Waals surface area contributed by atoms with Gasteiger partial charge in [0.1, 0.15) is 28.5 Å². The molecular weight excluding hydrogens is 1390 g/mol. The largest absolute Gasteiger partial charge is 0.477 e. The van der Waals surface area contributed by atoms with E-state index in [4.69, 9.17) is 51.1 Å². The van der Waals surface area contributed by atoms with Gasteiger partial charge in [0.15, 0.2) is 28.5 Å². The van der Waals surface area contributed by atoms with Gasteiger partial charge in [0.05, 0.1) is 28.5 Å². The number of aromatic carboxylic acids is 10. The fourth-order valence-electron chi connectivity index (χ4n) is 7.43. The van der Waals surface area contributed by atoms with E-state index in [1.807, 2.05) is 0 Å². The van der Waals surface area contributed by atoms with Crippen molar-refractivity contribution >= 4 is 85.9 Å². The van der Waals surface area contributed by atoms with Gasteiger partial charge in [0, 0.05) is 85.0 Å². The molecule has 30 nitrogen and oxygen atoms in total. The van der Waals surface area contributed by atoms with Crippen LogP contribution in [0.1, 0.15) is 105 Å². The smallest absolute Gasteiger partial charge is 0.355 e. The minimum absolute atomic E-state index is 0. The Balaban J connectivity index is 0.000000206. The van der Waals surface area contributed by atoms with E-state index in [1.165, 1.54) is 152 Å². The van der Waals surface area contributed by atoms with Gasteiger partial charge in [0.2, 0.25) is 0 Å². The Labute approximate surface area is 528 Å². The Bertz CT molecular complexity index is 3780. The molecule has 10 rings (SSSR count). The van der Waals surface area contributed by atoms with Gasteiger partial charge in [-0.05, 0) is 121 Å². The number of nitrogens with zero attached hydrogens (tertiary/aromatic N) is 10. The predicted molar refractivity (Wildman–Crippen MR) is 313 cm³/mol. The third-order valence-electron chi connectivity index (χ3n) is 11.3. The van der Waals surface area contributed by atoms with E-state index in [1.54, 1.807) is 30.3 Å². The number of hydrogen-bond acceptors (Lipinski definition) is 20. The Hall–Kier alpha value is -12.9. The molecule has 10 heterocycles. The van der Waals surface area contributed by atoms with Gasteiger partial charge in [-0.15, -0.1) is 0 Å². The summed E-state index contributed by atoms with van der Waals surface area (Å²) in [6.07, 6.45) is 6.78. The number of carbonyl (C=O) groups is 10. The minimum Gasteiger partial charge on any atom is -0.477 e. The number of pyridine rings is 10. The quantitative estimate of drug-likeness (QED) is 0.0449. The summed E-state index contributed by atoms with van der Waals surface area (Å²) in [4.78, 5) is 147. The third-order valence-corrected chi connectivity index (χ3v) is 11.3. The normalized spacial score (nSPS) is 9.89. The first kappa shape index (κ1) is 68.9. The van der Waals surface area contributed by atoms with Crippen LogP contribution in [0.3, 0.4) is 0 Å². The van der Waals surface area contributed by atoms with Gasteiger partial charge in [-0.1, -0.05) is 30.3 Å². The summed E-state index contributed by atoms with van der Waals surface area (Å²) in [7, 11) is 0. The summed E-state index contributed by atoms with van der Waals surface area (Å²) in [5, 5.41) is 89.2. The zero-order chi connectivity index (χ0) is 65.6. The van der Waals surface area contributed by atoms with E-state index >= 15 is 0 Å². The molecule has 0 unspecified atom stereocenters. The summed E-state index contributed by atoms with van der Waals surface area (Å²) in [6.45, 7) is 0. The molecule has 31 heteroatoms. The molecule has 0 amide bonds. The van der Waals surface area contributed by atoms with Gasteiger partial charge in [-0.25, -0.2) is 97.8 Å². The Kier molecular flexibility index (Phi) is 24.6. The molecule has 0 saturated carbocycles. The van der Waals surface area contributed by atoms with Crippen LogP contribution in [0.4, 0.5) is 0 Å². The topological polar surface area (TPSA) is 502 Å². The number of aromatic nitrogens is 10. The van der Waals surface area contributed by atoms with Crippen molar-refractivity contribution in [3.05, 3.63) is 240 Å². The van der Waals surface area contributed by atoms with E-state index in [9.17, 15) is 47.9 Å². The molecule has 0 atom stereocenters. The Morgan fingerprint density at radius 3 is 0.495 bits per heavy atom. The van der Waals surface area contributed by atoms with Crippen molar-refractivity contribution in [3.63, 3.8) is 0 Å². The maximum atomic E-state index is 11.0. The minimum atomic E-state index is -1.19.